The molecule has 3 aliphatic rings. The van der Waals surface area contributed by atoms with E-state index in [1.165, 1.54) is 0 Å². The van der Waals surface area contributed by atoms with Crippen LogP contribution in [-0.2, 0) is 27.8 Å². The predicted molar refractivity (Wildman–Crippen MR) is 122 cm³/mol. The van der Waals surface area contributed by atoms with Crippen LogP contribution in [0, 0.1) is 0 Å². The first-order chi connectivity index (χ1) is 15.5. The molecule has 1 amide bonds. The number of hydrogen-bond acceptors (Lipinski definition) is 5. The van der Waals surface area contributed by atoms with Crippen molar-refractivity contribution in [1.82, 2.24) is 9.21 Å². The van der Waals surface area contributed by atoms with Gasteiger partial charge in [-0.05, 0) is 49.1 Å². The number of amides is 1. The zero-order valence-corrected chi connectivity index (χ0v) is 19.0. The molecular formula is C24H29N3O4S. The lowest BCUT2D eigenvalue weighted by molar-refractivity contribution is -0.119. The third kappa shape index (κ3) is 4.14. The Balaban J connectivity index is 1.30. The maximum Gasteiger partial charge on any atom is 0.243 e. The molecule has 0 N–H and O–H groups in total. The van der Waals surface area contributed by atoms with Crippen molar-refractivity contribution < 1.29 is 17.9 Å². The van der Waals surface area contributed by atoms with Crippen LogP contribution in [0.4, 0.5) is 5.69 Å². The minimum Gasteiger partial charge on any atom is -0.492 e. The molecule has 5 rings (SSSR count). The van der Waals surface area contributed by atoms with Gasteiger partial charge in [0, 0.05) is 44.0 Å². The summed E-state index contributed by atoms with van der Waals surface area (Å²) in [6.45, 7) is 4.00. The molecule has 7 nitrogen and oxygen atoms in total. The Morgan fingerprint density at radius 2 is 1.75 bits per heavy atom. The van der Waals surface area contributed by atoms with Crippen LogP contribution in [0.3, 0.4) is 0 Å². The lowest BCUT2D eigenvalue weighted by Crippen LogP contribution is -2.40. The van der Waals surface area contributed by atoms with Crippen molar-refractivity contribution >= 4 is 21.6 Å². The predicted octanol–water partition coefficient (Wildman–Crippen LogP) is 2.64. The van der Waals surface area contributed by atoms with Crippen LogP contribution in [0.1, 0.15) is 30.4 Å². The maximum absolute atomic E-state index is 13.1. The maximum atomic E-state index is 13.1. The third-order valence-electron chi connectivity index (χ3n) is 6.59. The van der Waals surface area contributed by atoms with Gasteiger partial charge in [-0.3, -0.25) is 9.69 Å². The fraction of sp³-hybridized carbons (Fsp3) is 0.458. The number of sulfonamides is 1. The molecule has 1 fully saturated rings. The van der Waals surface area contributed by atoms with Crippen molar-refractivity contribution in [2.24, 2.45) is 0 Å². The summed E-state index contributed by atoms with van der Waals surface area (Å²) in [4.78, 5) is 17.4. The van der Waals surface area contributed by atoms with Gasteiger partial charge in [0.15, 0.2) is 0 Å². The highest BCUT2D eigenvalue weighted by molar-refractivity contribution is 7.89. The van der Waals surface area contributed by atoms with E-state index in [4.69, 9.17) is 4.74 Å². The SMILES string of the molecule is O=C(CN1CCOc2ccccc2C1)N1CCc2cc(S(=O)(=O)N3CCCCC3)ccc21. The molecule has 0 atom stereocenters. The van der Waals surface area contributed by atoms with Crippen LogP contribution in [0.15, 0.2) is 47.4 Å². The Labute approximate surface area is 189 Å². The topological polar surface area (TPSA) is 70.2 Å². The summed E-state index contributed by atoms with van der Waals surface area (Å²) in [6.07, 6.45) is 3.59. The summed E-state index contributed by atoms with van der Waals surface area (Å²) in [6, 6.07) is 13.2. The van der Waals surface area contributed by atoms with E-state index in [0.29, 0.717) is 57.2 Å². The molecule has 8 heteroatoms. The molecule has 0 spiro atoms. The Hall–Kier alpha value is -2.42. The minimum absolute atomic E-state index is 0.0368. The number of rotatable bonds is 4. The lowest BCUT2D eigenvalue weighted by atomic mass is 10.2. The first-order valence-corrected chi connectivity index (χ1v) is 12.8. The van der Waals surface area contributed by atoms with Crippen LogP contribution in [0.5, 0.6) is 5.75 Å². The molecule has 0 bridgehead atoms. The molecule has 2 aromatic rings. The van der Waals surface area contributed by atoms with E-state index in [0.717, 1.165) is 41.8 Å². The number of fused-ring (bicyclic) bond motifs is 2. The van der Waals surface area contributed by atoms with Gasteiger partial charge in [0.2, 0.25) is 15.9 Å². The van der Waals surface area contributed by atoms with E-state index in [2.05, 4.69) is 4.90 Å². The van der Waals surface area contributed by atoms with Gasteiger partial charge in [0.25, 0.3) is 0 Å². The van der Waals surface area contributed by atoms with E-state index in [1.807, 2.05) is 24.3 Å². The molecule has 3 heterocycles. The summed E-state index contributed by atoms with van der Waals surface area (Å²) in [5.74, 6) is 0.922. The number of benzene rings is 2. The third-order valence-corrected chi connectivity index (χ3v) is 8.49. The molecular weight excluding hydrogens is 426 g/mol. The second-order valence-corrected chi connectivity index (χ2v) is 10.7. The highest BCUT2D eigenvalue weighted by Crippen LogP contribution is 2.32. The molecule has 170 valence electrons. The van der Waals surface area contributed by atoms with E-state index < -0.39 is 10.0 Å². The molecule has 3 aliphatic heterocycles. The average molecular weight is 456 g/mol. The smallest absolute Gasteiger partial charge is 0.243 e. The highest BCUT2D eigenvalue weighted by atomic mass is 32.2. The van der Waals surface area contributed by atoms with Crippen molar-refractivity contribution in [2.75, 3.05) is 44.2 Å². The quantitative estimate of drug-likeness (QED) is 0.709. The average Bonchev–Trinajstić information content (AvgIpc) is 3.13. The minimum atomic E-state index is -3.47. The fourth-order valence-corrected chi connectivity index (χ4v) is 6.41. The first kappa shape index (κ1) is 21.4. The van der Waals surface area contributed by atoms with Gasteiger partial charge in [-0.25, -0.2) is 8.42 Å². The number of carbonyl (C=O) groups is 1. The van der Waals surface area contributed by atoms with E-state index in [-0.39, 0.29) is 5.91 Å². The molecule has 2 aromatic carbocycles. The number of anilines is 1. The van der Waals surface area contributed by atoms with Crippen LogP contribution in [0.2, 0.25) is 0 Å². The van der Waals surface area contributed by atoms with Crippen molar-refractivity contribution in [3.8, 4) is 5.75 Å². The highest BCUT2D eigenvalue weighted by Gasteiger charge is 2.30. The van der Waals surface area contributed by atoms with Crippen LogP contribution in [0.25, 0.3) is 0 Å². The zero-order chi connectivity index (χ0) is 22.1. The number of hydrogen-bond donors (Lipinski definition) is 0. The van der Waals surface area contributed by atoms with Gasteiger partial charge in [-0.15, -0.1) is 0 Å². The Kier molecular flexibility index (Phi) is 5.92. The number of ether oxygens (including phenoxy) is 1. The molecule has 32 heavy (non-hydrogen) atoms. The van der Waals surface area contributed by atoms with Gasteiger partial charge in [-0.2, -0.15) is 4.31 Å². The van der Waals surface area contributed by atoms with Crippen LogP contribution in [-0.4, -0.2) is 62.9 Å². The van der Waals surface area contributed by atoms with E-state index in [1.54, 1.807) is 27.4 Å². The van der Waals surface area contributed by atoms with Gasteiger partial charge in [0.1, 0.15) is 12.4 Å². The summed E-state index contributed by atoms with van der Waals surface area (Å²) in [7, 11) is -3.47. The second-order valence-electron chi connectivity index (χ2n) is 8.72. The normalized spacial score (nSPS) is 19.7. The number of piperidine rings is 1. The summed E-state index contributed by atoms with van der Waals surface area (Å²) in [5, 5.41) is 0. The van der Waals surface area contributed by atoms with Crippen molar-refractivity contribution in [3.05, 3.63) is 53.6 Å². The first-order valence-electron chi connectivity index (χ1n) is 11.4. The van der Waals surface area contributed by atoms with Crippen molar-refractivity contribution in [3.63, 3.8) is 0 Å². The van der Waals surface area contributed by atoms with E-state index >= 15 is 0 Å². The summed E-state index contributed by atoms with van der Waals surface area (Å²) in [5.41, 5.74) is 2.85. The molecule has 0 aromatic heterocycles. The number of carbonyl (C=O) groups excluding carboxylic acids is 1. The largest absolute Gasteiger partial charge is 0.492 e. The summed E-state index contributed by atoms with van der Waals surface area (Å²) < 4.78 is 33.5. The molecule has 0 unspecified atom stereocenters. The van der Waals surface area contributed by atoms with Crippen LogP contribution >= 0.6 is 0 Å². The molecule has 1 saturated heterocycles. The molecule has 0 radical (unpaired) electrons. The number of para-hydroxylation sites is 1. The van der Waals surface area contributed by atoms with Gasteiger partial charge >= 0.3 is 0 Å². The van der Waals surface area contributed by atoms with Gasteiger partial charge in [0.05, 0.1) is 11.4 Å². The zero-order valence-electron chi connectivity index (χ0n) is 18.2. The standard InChI is InChI=1S/C24H29N3O4S/c28-24(18-25-14-15-31-23-7-3-2-6-20(23)17-25)27-13-10-19-16-21(8-9-22(19)27)32(29,30)26-11-4-1-5-12-26/h2-3,6-9,16H,1,4-5,10-15,17-18H2. The van der Waals surface area contributed by atoms with Crippen molar-refractivity contribution in [2.45, 2.75) is 37.1 Å². The monoisotopic (exact) mass is 455 g/mol. The number of nitrogens with zero attached hydrogens (tertiary/aromatic N) is 3. The Bertz CT molecular complexity index is 1110. The Morgan fingerprint density at radius 1 is 0.938 bits per heavy atom. The Morgan fingerprint density at radius 3 is 2.59 bits per heavy atom. The fourth-order valence-electron chi connectivity index (χ4n) is 4.84. The van der Waals surface area contributed by atoms with Crippen molar-refractivity contribution in [1.29, 1.82) is 0 Å². The molecule has 0 aliphatic carbocycles. The second kappa shape index (κ2) is 8.84. The lowest BCUT2D eigenvalue weighted by Gasteiger charge is -2.26. The van der Waals surface area contributed by atoms with Crippen LogP contribution < -0.4 is 9.64 Å². The van der Waals surface area contributed by atoms with Gasteiger partial charge in [-0.1, -0.05) is 24.6 Å². The van der Waals surface area contributed by atoms with E-state index in [9.17, 15) is 13.2 Å². The van der Waals surface area contributed by atoms with Gasteiger partial charge < -0.3 is 9.64 Å². The summed E-state index contributed by atoms with van der Waals surface area (Å²) >= 11 is 0. The molecule has 0 saturated carbocycles.